The van der Waals surface area contributed by atoms with E-state index >= 15 is 0 Å². The zero-order chi connectivity index (χ0) is 14.5. The smallest absolute Gasteiger partial charge is 0.133 e. The number of aromatic nitrogens is 2. The van der Waals surface area contributed by atoms with Crippen molar-refractivity contribution < 1.29 is 0 Å². The molecule has 1 aromatic heterocycles. The van der Waals surface area contributed by atoms with Crippen molar-refractivity contribution in [3.63, 3.8) is 0 Å². The molecule has 0 aromatic carbocycles. The minimum absolute atomic E-state index is 0.391. The van der Waals surface area contributed by atoms with Crippen LogP contribution in [0.25, 0.3) is 0 Å². The first-order valence-electron chi connectivity index (χ1n) is 7.85. The molecule has 0 bridgehead atoms. The molecule has 1 aromatic rings. The molecule has 1 aliphatic rings. The number of nitrogens with zero attached hydrogens (tertiary/aromatic N) is 3. The van der Waals surface area contributed by atoms with Gasteiger partial charge in [0.2, 0.25) is 0 Å². The van der Waals surface area contributed by atoms with Crippen molar-refractivity contribution in [1.29, 1.82) is 0 Å². The van der Waals surface area contributed by atoms with Crippen LogP contribution in [0.3, 0.4) is 0 Å². The molecule has 1 fully saturated rings. The summed E-state index contributed by atoms with van der Waals surface area (Å²) >= 11 is 0. The van der Waals surface area contributed by atoms with Gasteiger partial charge in [-0.25, -0.2) is 9.97 Å². The predicted octanol–water partition coefficient (Wildman–Crippen LogP) is 2.73. The zero-order valence-electron chi connectivity index (χ0n) is 13.3. The van der Waals surface area contributed by atoms with E-state index in [1.165, 1.54) is 19.3 Å². The van der Waals surface area contributed by atoms with Crippen molar-refractivity contribution in [3.05, 3.63) is 17.6 Å². The van der Waals surface area contributed by atoms with E-state index in [-0.39, 0.29) is 0 Å². The third-order valence-electron chi connectivity index (χ3n) is 4.12. The first-order chi connectivity index (χ1) is 9.60. The standard InChI is InChI=1S/C16H28N4/c1-12(2)16-18-13(3)11-15(19-16)20-9-6-14(7-10-20)5-8-17-4/h11-12,14,17H,5-10H2,1-4H3. The maximum absolute atomic E-state index is 4.75. The fourth-order valence-corrected chi connectivity index (χ4v) is 2.79. The van der Waals surface area contributed by atoms with E-state index in [1.54, 1.807) is 0 Å². The van der Waals surface area contributed by atoms with E-state index in [9.17, 15) is 0 Å². The summed E-state index contributed by atoms with van der Waals surface area (Å²) in [7, 11) is 2.03. The van der Waals surface area contributed by atoms with Crippen molar-refractivity contribution in [2.75, 3.05) is 31.6 Å². The number of anilines is 1. The quantitative estimate of drug-likeness (QED) is 0.898. The third kappa shape index (κ3) is 3.92. The Kier molecular flexibility index (Phi) is 5.35. The maximum Gasteiger partial charge on any atom is 0.133 e. The molecule has 0 radical (unpaired) electrons. The molecule has 0 unspecified atom stereocenters. The Morgan fingerprint density at radius 1 is 1.30 bits per heavy atom. The van der Waals surface area contributed by atoms with Gasteiger partial charge in [0.25, 0.3) is 0 Å². The van der Waals surface area contributed by atoms with Crippen LogP contribution in [0, 0.1) is 12.8 Å². The molecule has 0 atom stereocenters. The van der Waals surface area contributed by atoms with Gasteiger partial charge in [-0.1, -0.05) is 13.8 Å². The van der Waals surface area contributed by atoms with Crippen LogP contribution in [0.4, 0.5) is 5.82 Å². The van der Waals surface area contributed by atoms with E-state index in [1.807, 2.05) is 7.05 Å². The lowest BCUT2D eigenvalue weighted by Crippen LogP contribution is -2.35. The molecule has 20 heavy (non-hydrogen) atoms. The lowest BCUT2D eigenvalue weighted by Gasteiger charge is -2.33. The van der Waals surface area contributed by atoms with E-state index in [2.05, 4.69) is 42.0 Å². The summed E-state index contributed by atoms with van der Waals surface area (Å²) in [6, 6.07) is 2.12. The van der Waals surface area contributed by atoms with Gasteiger partial charge in [-0.15, -0.1) is 0 Å². The lowest BCUT2D eigenvalue weighted by atomic mass is 9.93. The van der Waals surface area contributed by atoms with Gasteiger partial charge >= 0.3 is 0 Å². The Labute approximate surface area is 123 Å². The van der Waals surface area contributed by atoms with E-state index in [4.69, 9.17) is 4.98 Å². The van der Waals surface area contributed by atoms with Gasteiger partial charge in [0.05, 0.1) is 0 Å². The van der Waals surface area contributed by atoms with Gasteiger partial charge in [0.1, 0.15) is 11.6 Å². The largest absolute Gasteiger partial charge is 0.356 e. The van der Waals surface area contributed by atoms with Gasteiger partial charge in [0, 0.05) is 30.8 Å². The van der Waals surface area contributed by atoms with Gasteiger partial charge in [0.15, 0.2) is 0 Å². The second-order valence-electron chi connectivity index (χ2n) is 6.20. The van der Waals surface area contributed by atoms with Crippen LogP contribution < -0.4 is 10.2 Å². The van der Waals surface area contributed by atoms with Crippen LogP contribution in [0.5, 0.6) is 0 Å². The number of rotatable bonds is 5. The molecule has 4 heteroatoms. The number of piperidine rings is 1. The van der Waals surface area contributed by atoms with Crippen LogP contribution >= 0.6 is 0 Å². The van der Waals surface area contributed by atoms with Crippen LogP contribution in [0.15, 0.2) is 6.07 Å². The van der Waals surface area contributed by atoms with Gasteiger partial charge in [-0.05, 0) is 45.7 Å². The fourth-order valence-electron chi connectivity index (χ4n) is 2.79. The molecular weight excluding hydrogens is 248 g/mol. The Hall–Kier alpha value is -1.16. The molecule has 112 valence electrons. The molecule has 0 aliphatic carbocycles. The highest BCUT2D eigenvalue weighted by Gasteiger charge is 2.20. The summed E-state index contributed by atoms with van der Waals surface area (Å²) in [5, 5.41) is 3.25. The van der Waals surface area contributed by atoms with Crippen LogP contribution in [-0.2, 0) is 0 Å². The Morgan fingerprint density at radius 3 is 2.60 bits per heavy atom. The van der Waals surface area contributed by atoms with Gasteiger partial charge in [-0.2, -0.15) is 0 Å². The van der Waals surface area contributed by atoms with Crippen LogP contribution in [0.2, 0.25) is 0 Å². The summed E-state index contributed by atoms with van der Waals surface area (Å²) in [5.41, 5.74) is 1.08. The normalized spacial score (nSPS) is 16.9. The number of aryl methyl sites for hydroxylation is 1. The number of hydrogen-bond acceptors (Lipinski definition) is 4. The average Bonchev–Trinajstić information content (AvgIpc) is 2.45. The molecule has 2 heterocycles. The van der Waals surface area contributed by atoms with Gasteiger partial charge < -0.3 is 10.2 Å². The first kappa shape index (κ1) is 15.2. The predicted molar refractivity (Wildman–Crippen MR) is 84.3 cm³/mol. The fraction of sp³-hybridized carbons (Fsp3) is 0.750. The van der Waals surface area contributed by atoms with E-state index in [0.717, 1.165) is 42.9 Å². The lowest BCUT2D eigenvalue weighted by molar-refractivity contribution is 0.376. The second-order valence-corrected chi connectivity index (χ2v) is 6.20. The molecule has 4 nitrogen and oxygen atoms in total. The topological polar surface area (TPSA) is 41.0 Å². The molecule has 2 rings (SSSR count). The molecule has 0 amide bonds. The molecule has 1 aliphatic heterocycles. The van der Waals surface area contributed by atoms with E-state index < -0.39 is 0 Å². The summed E-state index contributed by atoms with van der Waals surface area (Å²) < 4.78 is 0. The third-order valence-corrected chi connectivity index (χ3v) is 4.12. The van der Waals surface area contributed by atoms with Crippen molar-refractivity contribution in [2.24, 2.45) is 5.92 Å². The monoisotopic (exact) mass is 276 g/mol. The summed E-state index contributed by atoms with van der Waals surface area (Å²) in [6.45, 7) is 9.77. The SMILES string of the molecule is CNCCC1CCN(c2cc(C)nc(C(C)C)n2)CC1. The maximum atomic E-state index is 4.75. The Balaban J connectivity index is 1.99. The molecule has 0 spiro atoms. The minimum Gasteiger partial charge on any atom is -0.356 e. The van der Waals surface area contributed by atoms with Crippen molar-refractivity contribution in [2.45, 2.75) is 46.0 Å². The Morgan fingerprint density at radius 2 is 2.00 bits per heavy atom. The van der Waals surface area contributed by atoms with Gasteiger partial charge in [-0.3, -0.25) is 0 Å². The number of hydrogen-bond donors (Lipinski definition) is 1. The van der Waals surface area contributed by atoms with Crippen molar-refractivity contribution >= 4 is 5.82 Å². The summed E-state index contributed by atoms with van der Waals surface area (Å²) in [6.07, 6.45) is 3.86. The molecular formula is C16H28N4. The van der Waals surface area contributed by atoms with Crippen LogP contribution in [-0.4, -0.2) is 36.6 Å². The second kappa shape index (κ2) is 7.02. The highest BCUT2D eigenvalue weighted by atomic mass is 15.2. The molecule has 1 saturated heterocycles. The van der Waals surface area contributed by atoms with Crippen LogP contribution in [0.1, 0.15) is 50.5 Å². The Bertz CT molecular complexity index is 422. The molecule has 0 saturated carbocycles. The summed E-state index contributed by atoms with van der Waals surface area (Å²) in [5.74, 6) is 3.35. The minimum atomic E-state index is 0.391. The summed E-state index contributed by atoms with van der Waals surface area (Å²) in [4.78, 5) is 11.7. The zero-order valence-corrected chi connectivity index (χ0v) is 13.3. The highest BCUT2D eigenvalue weighted by Crippen LogP contribution is 2.25. The van der Waals surface area contributed by atoms with E-state index in [0.29, 0.717) is 5.92 Å². The number of nitrogens with one attached hydrogen (secondary N) is 1. The van der Waals surface area contributed by atoms with Crippen molar-refractivity contribution in [3.8, 4) is 0 Å². The first-order valence-corrected chi connectivity index (χ1v) is 7.85. The molecule has 1 N–H and O–H groups in total. The van der Waals surface area contributed by atoms with Crippen molar-refractivity contribution in [1.82, 2.24) is 15.3 Å². The average molecular weight is 276 g/mol. The highest BCUT2D eigenvalue weighted by molar-refractivity contribution is 5.40.